The fourth-order valence-corrected chi connectivity index (χ4v) is 2.62. The SMILES string of the molecule is Cc1cc(C(O)C(CN)c2cccc(Cl)c2F)ccc1Cl. The molecule has 0 aliphatic rings. The van der Waals surface area contributed by atoms with E-state index in [-0.39, 0.29) is 11.6 Å². The Balaban J connectivity index is 2.40. The maximum absolute atomic E-state index is 14.1. The van der Waals surface area contributed by atoms with Gasteiger partial charge in [-0.15, -0.1) is 0 Å². The highest BCUT2D eigenvalue weighted by atomic mass is 35.5. The van der Waals surface area contributed by atoms with Crippen LogP contribution in [0.1, 0.15) is 28.7 Å². The average Bonchev–Trinajstić information content (AvgIpc) is 2.47. The van der Waals surface area contributed by atoms with Crippen LogP contribution < -0.4 is 5.73 Å². The molecule has 0 heterocycles. The molecular formula is C16H16Cl2FNO. The van der Waals surface area contributed by atoms with Crippen LogP contribution in [0.5, 0.6) is 0 Å². The van der Waals surface area contributed by atoms with Crippen molar-refractivity contribution in [3.63, 3.8) is 0 Å². The number of nitrogens with two attached hydrogens (primary N) is 1. The normalized spacial score (nSPS) is 14.0. The van der Waals surface area contributed by atoms with Crippen LogP contribution in [0.3, 0.4) is 0 Å². The van der Waals surface area contributed by atoms with Crippen molar-refractivity contribution in [3.8, 4) is 0 Å². The summed E-state index contributed by atoms with van der Waals surface area (Å²) in [6.07, 6.45) is -0.932. The number of benzene rings is 2. The Labute approximate surface area is 133 Å². The van der Waals surface area contributed by atoms with E-state index in [9.17, 15) is 9.50 Å². The second kappa shape index (κ2) is 6.75. The van der Waals surface area contributed by atoms with Gasteiger partial charge in [-0.05, 0) is 35.7 Å². The number of halogens is 3. The van der Waals surface area contributed by atoms with Crippen molar-refractivity contribution in [2.45, 2.75) is 18.9 Å². The van der Waals surface area contributed by atoms with Crippen molar-refractivity contribution in [1.82, 2.24) is 0 Å². The van der Waals surface area contributed by atoms with E-state index in [2.05, 4.69) is 0 Å². The summed E-state index contributed by atoms with van der Waals surface area (Å²) in [5, 5.41) is 11.2. The largest absolute Gasteiger partial charge is 0.388 e. The van der Waals surface area contributed by atoms with E-state index in [1.165, 1.54) is 6.07 Å². The van der Waals surface area contributed by atoms with Crippen LogP contribution >= 0.6 is 23.2 Å². The zero-order valence-electron chi connectivity index (χ0n) is 11.5. The molecule has 0 saturated heterocycles. The van der Waals surface area contributed by atoms with Gasteiger partial charge >= 0.3 is 0 Å². The van der Waals surface area contributed by atoms with E-state index >= 15 is 0 Å². The smallest absolute Gasteiger partial charge is 0.145 e. The van der Waals surface area contributed by atoms with Crippen LogP contribution in [-0.2, 0) is 0 Å². The summed E-state index contributed by atoms with van der Waals surface area (Å²) in [5.74, 6) is -1.12. The number of rotatable bonds is 4. The molecular weight excluding hydrogens is 312 g/mol. The minimum Gasteiger partial charge on any atom is -0.388 e. The van der Waals surface area contributed by atoms with Crippen molar-refractivity contribution in [3.05, 3.63) is 69.0 Å². The third-order valence-corrected chi connectivity index (χ3v) is 4.26. The highest BCUT2D eigenvalue weighted by Crippen LogP contribution is 2.34. The third-order valence-electron chi connectivity index (χ3n) is 3.54. The molecule has 0 bridgehead atoms. The molecule has 21 heavy (non-hydrogen) atoms. The average molecular weight is 328 g/mol. The molecule has 0 radical (unpaired) electrons. The topological polar surface area (TPSA) is 46.2 Å². The predicted octanol–water partition coefficient (Wildman–Crippen LogP) is 4.22. The van der Waals surface area contributed by atoms with Gasteiger partial charge in [-0.3, -0.25) is 0 Å². The van der Waals surface area contributed by atoms with Gasteiger partial charge < -0.3 is 10.8 Å². The lowest BCUT2D eigenvalue weighted by Gasteiger charge is -2.23. The molecule has 5 heteroatoms. The number of hydrogen-bond acceptors (Lipinski definition) is 2. The van der Waals surface area contributed by atoms with Crippen molar-refractivity contribution in [2.24, 2.45) is 5.73 Å². The van der Waals surface area contributed by atoms with Gasteiger partial charge in [0.2, 0.25) is 0 Å². The van der Waals surface area contributed by atoms with Crippen molar-refractivity contribution < 1.29 is 9.50 Å². The molecule has 2 rings (SSSR count). The molecule has 0 aliphatic carbocycles. The molecule has 112 valence electrons. The van der Waals surface area contributed by atoms with Crippen molar-refractivity contribution in [1.29, 1.82) is 0 Å². The summed E-state index contributed by atoms with van der Waals surface area (Å²) in [6.45, 7) is 1.94. The van der Waals surface area contributed by atoms with Gasteiger partial charge in [-0.25, -0.2) is 4.39 Å². The Hall–Kier alpha value is -1.13. The molecule has 0 amide bonds. The lowest BCUT2D eigenvalue weighted by atomic mass is 9.88. The molecule has 0 aromatic heterocycles. The van der Waals surface area contributed by atoms with E-state index in [1.807, 2.05) is 6.92 Å². The molecule has 2 unspecified atom stereocenters. The summed E-state index contributed by atoms with van der Waals surface area (Å²) in [6, 6.07) is 9.89. The Morgan fingerprint density at radius 2 is 1.90 bits per heavy atom. The maximum Gasteiger partial charge on any atom is 0.145 e. The molecule has 3 N–H and O–H groups in total. The fourth-order valence-electron chi connectivity index (χ4n) is 2.32. The molecule has 2 nitrogen and oxygen atoms in total. The van der Waals surface area contributed by atoms with Gasteiger partial charge in [0.15, 0.2) is 0 Å². The van der Waals surface area contributed by atoms with Crippen molar-refractivity contribution >= 4 is 23.2 Å². The minimum atomic E-state index is -0.932. The standard InChI is InChI=1S/C16H16Cl2FNO/c1-9-7-10(5-6-13(9)17)16(21)12(8-20)11-3-2-4-14(18)15(11)19/h2-7,12,16,21H,8,20H2,1H3. The monoisotopic (exact) mass is 327 g/mol. The number of aryl methyl sites for hydroxylation is 1. The molecule has 2 aromatic carbocycles. The molecule has 0 spiro atoms. The van der Waals surface area contributed by atoms with E-state index in [0.29, 0.717) is 16.1 Å². The first kappa shape index (κ1) is 16.2. The van der Waals surface area contributed by atoms with Crippen LogP contribution in [0, 0.1) is 12.7 Å². The summed E-state index contributed by atoms with van der Waals surface area (Å²) < 4.78 is 14.1. The third kappa shape index (κ3) is 3.38. The van der Waals surface area contributed by atoms with E-state index < -0.39 is 17.8 Å². The lowest BCUT2D eigenvalue weighted by Crippen LogP contribution is -2.21. The summed E-state index contributed by atoms with van der Waals surface area (Å²) in [7, 11) is 0. The predicted molar refractivity (Wildman–Crippen MR) is 84.4 cm³/mol. The van der Waals surface area contributed by atoms with Gasteiger partial charge in [0.05, 0.1) is 11.1 Å². The number of aliphatic hydroxyl groups excluding tert-OH is 1. The molecule has 0 fully saturated rings. The highest BCUT2D eigenvalue weighted by molar-refractivity contribution is 6.31. The first-order valence-corrected chi connectivity index (χ1v) is 7.29. The summed E-state index contributed by atoms with van der Waals surface area (Å²) in [5.41, 5.74) is 7.53. The van der Waals surface area contributed by atoms with Gasteiger partial charge in [-0.1, -0.05) is 47.5 Å². The molecule has 2 aromatic rings. The zero-order valence-corrected chi connectivity index (χ0v) is 13.0. The summed E-state index contributed by atoms with van der Waals surface area (Å²) in [4.78, 5) is 0. The zero-order chi connectivity index (χ0) is 15.6. The van der Waals surface area contributed by atoms with E-state index in [1.54, 1.807) is 30.3 Å². The highest BCUT2D eigenvalue weighted by Gasteiger charge is 2.25. The minimum absolute atomic E-state index is 0.0189. The van der Waals surface area contributed by atoms with Gasteiger partial charge in [0.1, 0.15) is 5.82 Å². The van der Waals surface area contributed by atoms with Crippen LogP contribution in [0.4, 0.5) is 4.39 Å². The number of aliphatic hydroxyl groups is 1. The Kier molecular flexibility index (Phi) is 5.22. The van der Waals surface area contributed by atoms with Gasteiger partial charge in [0.25, 0.3) is 0 Å². The summed E-state index contributed by atoms with van der Waals surface area (Å²) >= 11 is 11.8. The lowest BCUT2D eigenvalue weighted by molar-refractivity contribution is 0.145. The van der Waals surface area contributed by atoms with Gasteiger partial charge in [-0.2, -0.15) is 0 Å². The van der Waals surface area contributed by atoms with E-state index in [4.69, 9.17) is 28.9 Å². The Bertz CT molecular complexity index is 648. The first-order valence-electron chi connectivity index (χ1n) is 6.53. The van der Waals surface area contributed by atoms with Crippen LogP contribution in [-0.4, -0.2) is 11.7 Å². The Morgan fingerprint density at radius 1 is 1.19 bits per heavy atom. The second-order valence-electron chi connectivity index (χ2n) is 4.94. The quantitative estimate of drug-likeness (QED) is 0.883. The van der Waals surface area contributed by atoms with Crippen LogP contribution in [0.15, 0.2) is 36.4 Å². The van der Waals surface area contributed by atoms with E-state index in [0.717, 1.165) is 5.56 Å². The second-order valence-corrected chi connectivity index (χ2v) is 5.75. The van der Waals surface area contributed by atoms with Crippen molar-refractivity contribution in [2.75, 3.05) is 6.54 Å². The fraction of sp³-hybridized carbons (Fsp3) is 0.250. The molecule has 0 saturated carbocycles. The first-order chi connectivity index (χ1) is 9.95. The molecule has 0 aliphatic heterocycles. The molecule has 2 atom stereocenters. The van der Waals surface area contributed by atoms with Crippen LogP contribution in [0.2, 0.25) is 10.0 Å². The Morgan fingerprint density at radius 3 is 2.52 bits per heavy atom. The number of hydrogen-bond donors (Lipinski definition) is 2. The van der Waals surface area contributed by atoms with Gasteiger partial charge in [0, 0.05) is 17.5 Å². The van der Waals surface area contributed by atoms with Crippen LogP contribution in [0.25, 0.3) is 0 Å². The maximum atomic E-state index is 14.1.